The van der Waals surface area contributed by atoms with Crippen LogP contribution in [-0.2, 0) is 38.1 Å². The second-order valence-corrected chi connectivity index (χ2v) is 11.4. The van der Waals surface area contributed by atoms with E-state index < -0.39 is 64.9 Å². The largest absolute Gasteiger partial charge is 0.478 e. The Balaban J connectivity index is 1.53. The van der Waals surface area contributed by atoms with Gasteiger partial charge >= 0.3 is 17.9 Å². The number of carboxylic acid groups (broad SMARTS) is 1. The second kappa shape index (κ2) is 10.3. The van der Waals surface area contributed by atoms with Gasteiger partial charge in [-0.2, -0.15) is 0 Å². The summed E-state index contributed by atoms with van der Waals surface area (Å²) >= 11 is 0. The molecule has 39 heavy (non-hydrogen) atoms. The molecule has 5 rings (SSSR count). The van der Waals surface area contributed by atoms with E-state index >= 15 is 0 Å². The highest BCUT2D eigenvalue weighted by atomic mass is 16.6. The quantitative estimate of drug-likeness (QED) is 0.393. The molecule has 3 heterocycles. The van der Waals surface area contributed by atoms with Gasteiger partial charge in [0, 0.05) is 29.6 Å². The number of esters is 2. The number of carbonyl (C=O) groups excluding carboxylic acids is 2. The van der Waals surface area contributed by atoms with E-state index in [2.05, 4.69) is 0 Å². The zero-order valence-corrected chi connectivity index (χ0v) is 22.5. The minimum absolute atomic E-state index is 0.0504. The molecule has 3 fully saturated rings. The molecule has 0 aromatic carbocycles. The summed E-state index contributed by atoms with van der Waals surface area (Å²) in [5, 5.41) is 19.7. The molecule has 8 atom stereocenters. The van der Waals surface area contributed by atoms with Gasteiger partial charge in [-0.25, -0.2) is 14.4 Å². The van der Waals surface area contributed by atoms with Crippen molar-refractivity contribution in [3.05, 3.63) is 47.6 Å². The van der Waals surface area contributed by atoms with E-state index in [4.69, 9.17) is 23.7 Å². The summed E-state index contributed by atoms with van der Waals surface area (Å²) in [7, 11) is 0. The van der Waals surface area contributed by atoms with Crippen molar-refractivity contribution in [1.29, 1.82) is 0 Å². The summed E-state index contributed by atoms with van der Waals surface area (Å²) in [6.45, 7) is 6.04. The van der Waals surface area contributed by atoms with Gasteiger partial charge in [-0.1, -0.05) is 30.7 Å². The van der Waals surface area contributed by atoms with E-state index in [1.165, 1.54) is 12.2 Å². The monoisotopic (exact) mass is 544 g/mol. The van der Waals surface area contributed by atoms with E-state index in [1.54, 1.807) is 38.2 Å². The lowest BCUT2D eigenvalue weighted by Crippen LogP contribution is -2.67. The summed E-state index contributed by atoms with van der Waals surface area (Å²) in [4.78, 5) is 37.7. The fraction of sp³-hybridized carbons (Fsp3) is 0.621. The molecule has 0 amide bonds. The lowest BCUT2D eigenvalue weighted by Gasteiger charge is -2.58. The van der Waals surface area contributed by atoms with Crippen LogP contribution in [0.1, 0.15) is 46.5 Å². The summed E-state index contributed by atoms with van der Waals surface area (Å²) in [5.74, 6) is -2.09. The molecule has 212 valence electrons. The fourth-order valence-corrected chi connectivity index (χ4v) is 6.89. The number of epoxide rings is 1. The van der Waals surface area contributed by atoms with Gasteiger partial charge < -0.3 is 33.9 Å². The van der Waals surface area contributed by atoms with Crippen LogP contribution in [0.25, 0.3) is 0 Å². The Morgan fingerprint density at radius 3 is 2.59 bits per heavy atom. The summed E-state index contributed by atoms with van der Waals surface area (Å²) < 4.78 is 30.2. The second-order valence-electron chi connectivity index (χ2n) is 11.4. The number of rotatable bonds is 2. The topological polar surface area (TPSA) is 141 Å². The lowest BCUT2D eigenvalue weighted by atomic mass is 9.51. The van der Waals surface area contributed by atoms with Crippen molar-refractivity contribution >= 4 is 17.9 Å². The Bertz CT molecular complexity index is 1140. The van der Waals surface area contributed by atoms with Crippen LogP contribution in [-0.4, -0.2) is 84.1 Å². The molecule has 10 heteroatoms. The first-order valence-corrected chi connectivity index (χ1v) is 13.4. The molecule has 0 aromatic rings. The van der Waals surface area contributed by atoms with Crippen molar-refractivity contribution in [1.82, 2.24) is 0 Å². The number of hydrogen-bond donors (Lipinski definition) is 2. The Hall–Kier alpha value is -2.79. The number of aliphatic carboxylic acids is 1. The molecule has 3 aliphatic heterocycles. The van der Waals surface area contributed by atoms with Crippen LogP contribution >= 0.6 is 0 Å². The highest BCUT2D eigenvalue weighted by Gasteiger charge is 2.83. The minimum Gasteiger partial charge on any atom is -0.478 e. The van der Waals surface area contributed by atoms with Gasteiger partial charge in [0.2, 0.25) is 0 Å². The van der Waals surface area contributed by atoms with E-state index in [-0.39, 0.29) is 25.2 Å². The molecular formula is C29H36O10. The average Bonchev–Trinajstić information content (AvgIpc) is 3.66. The van der Waals surface area contributed by atoms with Crippen LogP contribution in [0.15, 0.2) is 47.6 Å². The van der Waals surface area contributed by atoms with Crippen molar-refractivity contribution in [2.75, 3.05) is 19.8 Å². The summed E-state index contributed by atoms with van der Waals surface area (Å²) in [5.41, 5.74) is -1.39. The van der Waals surface area contributed by atoms with Gasteiger partial charge in [-0.05, 0) is 39.2 Å². The number of allylic oxidation sites excluding steroid dienone is 2. The van der Waals surface area contributed by atoms with Crippen LogP contribution in [0.2, 0.25) is 0 Å². The number of aliphatic hydroxyl groups is 1. The van der Waals surface area contributed by atoms with Gasteiger partial charge in [-0.3, -0.25) is 0 Å². The molecular weight excluding hydrogens is 508 g/mol. The van der Waals surface area contributed by atoms with Crippen LogP contribution < -0.4 is 0 Å². The Morgan fingerprint density at radius 2 is 1.90 bits per heavy atom. The third-order valence-corrected chi connectivity index (χ3v) is 9.31. The number of aliphatic hydroxyl groups excluding tert-OH is 1. The average molecular weight is 545 g/mol. The number of hydrogen-bond acceptors (Lipinski definition) is 9. The summed E-state index contributed by atoms with van der Waals surface area (Å²) in [6.07, 6.45) is 7.60. The molecule has 5 aliphatic rings. The zero-order chi connectivity index (χ0) is 28.0. The van der Waals surface area contributed by atoms with Crippen molar-refractivity contribution in [3.8, 4) is 0 Å². The molecule has 2 spiro atoms. The molecule has 10 nitrogen and oxygen atoms in total. The maximum atomic E-state index is 12.9. The molecule has 2 aliphatic carbocycles. The molecule has 2 N–H and O–H groups in total. The van der Waals surface area contributed by atoms with Gasteiger partial charge in [0.05, 0.1) is 36.9 Å². The van der Waals surface area contributed by atoms with Crippen LogP contribution in [0.3, 0.4) is 0 Å². The molecule has 3 unspecified atom stereocenters. The normalized spacial score (nSPS) is 44.3. The maximum absolute atomic E-state index is 12.9. The Kier molecular flexibility index (Phi) is 7.34. The highest BCUT2D eigenvalue weighted by Crippen LogP contribution is 2.72. The van der Waals surface area contributed by atoms with Gasteiger partial charge in [0.1, 0.15) is 24.4 Å². The van der Waals surface area contributed by atoms with E-state index in [0.717, 1.165) is 5.57 Å². The maximum Gasteiger partial charge on any atom is 0.331 e. The predicted molar refractivity (Wildman–Crippen MR) is 136 cm³/mol. The number of ether oxygens (including phenoxy) is 5. The Labute approximate surface area is 227 Å². The van der Waals surface area contributed by atoms with Gasteiger partial charge in [0.25, 0.3) is 0 Å². The molecule has 0 aromatic heterocycles. The first-order chi connectivity index (χ1) is 18.5. The first kappa shape index (κ1) is 27.8. The number of cyclic esters (lactones) is 1. The smallest absolute Gasteiger partial charge is 0.331 e. The van der Waals surface area contributed by atoms with Crippen molar-refractivity contribution in [2.24, 2.45) is 10.8 Å². The van der Waals surface area contributed by atoms with Crippen molar-refractivity contribution in [2.45, 2.75) is 82.6 Å². The van der Waals surface area contributed by atoms with E-state index in [1.807, 2.05) is 6.92 Å². The Morgan fingerprint density at radius 1 is 1.13 bits per heavy atom. The number of carbonyl (C=O) groups is 3. The molecule has 2 saturated heterocycles. The number of carboxylic acids is 1. The van der Waals surface area contributed by atoms with Gasteiger partial charge in [0.15, 0.2) is 0 Å². The third-order valence-electron chi connectivity index (χ3n) is 9.31. The molecule has 1 saturated carbocycles. The van der Waals surface area contributed by atoms with Crippen LogP contribution in [0.5, 0.6) is 0 Å². The predicted octanol–water partition coefficient (Wildman–Crippen LogP) is 2.41. The fourth-order valence-electron chi connectivity index (χ4n) is 6.89. The van der Waals surface area contributed by atoms with E-state index in [0.29, 0.717) is 25.9 Å². The van der Waals surface area contributed by atoms with Crippen LogP contribution in [0.4, 0.5) is 0 Å². The van der Waals surface area contributed by atoms with Crippen molar-refractivity contribution in [3.63, 3.8) is 0 Å². The highest BCUT2D eigenvalue weighted by molar-refractivity contribution is 5.87. The summed E-state index contributed by atoms with van der Waals surface area (Å²) in [6, 6.07) is 0. The molecule has 0 radical (unpaired) electrons. The third kappa shape index (κ3) is 4.67. The molecule has 2 bridgehead atoms. The SMILES string of the molecule is C/C1=C\C(=O)OCC23CCC(C(=O)O)=C[C@H]2O[C@H]2C[C@@H](OC(=O)/C=C\C=C\C([C@@H](C)O)OCC1)[C@@]3(C)C21CO1. The van der Waals surface area contributed by atoms with Crippen molar-refractivity contribution < 1.29 is 48.3 Å². The van der Waals surface area contributed by atoms with E-state index in [9.17, 15) is 24.6 Å². The van der Waals surface area contributed by atoms with Crippen LogP contribution in [0, 0.1) is 10.8 Å². The van der Waals surface area contributed by atoms with Gasteiger partial charge in [-0.15, -0.1) is 0 Å². The zero-order valence-electron chi connectivity index (χ0n) is 22.5. The standard InChI is InChI=1S/C29H36O10/c1-17-9-11-35-20(18(2)30)6-4-5-7-24(31)39-21-14-23-29(16-37-29)27(21,3)28(15-36-25(32)12-17)10-8-19(26(33)34)13-22(28)38-23/h4-7,12-13,18,20-23,30H,8-11,14-16H2,1-3H3,(H,33,34)/b6-4+,7-5-,17-12+/t18-,20?,21-,22-,23+,27-,28?,29?/m1/s1. The lowest BCUT2D eigenvalue weighted by molar-refractivity contribution is -0.232. The first-order valence-electron chi connectivity index (χ1n) is 13.4. The minimum atomic E-state index is -1.01.